The van der Waals surface area contributed by atoms with Gasteiger partial charge in [0.25, 0.3) is 0 Å². The van der Waals surface area contributed by atoms with Crippen molar-refractivity contribution in [3.05, 3.63) is 95.3 Å². The number of nitrogens with zero attached hydrogens (tertiary/aromatic N) is 1. The van der Waals surface area contributed by atoms with Crippen molar-refractivity contribution in [2.75, 3.05) is 0 Å². The first kappa shape index (κ1) is 19.8. The summed E-state index contributed by atoms with van der Waals surface area (Å²) in [5.74, 6) is 1.30. The van der Waals surface area contributed by atoms with Crippen molar-refractivity contribution in [3.63, 3.8) is 0 Å². The third-order valence-electron chi connectivity index (χ3n) is 5.61. The molecule has 1 unspecified atom stereocenters. The highest BCUT2D eigenvalue weighted by molar-refractivity contribution is 5.94. The number of benzene rings is 2. The quantitative estimate of drug-likeness (QED) is 0.490. The molecule has 3 aromatic rings. The van der Waals surface area contributed by atoms with Crippen molar-refractivity contribution >= 4 is 5.78 Å². The van der Waals surface area contributed by atoms with Crippen LogP contribution in [0.2, 0.25) is 0 Å². The van der Waals surface area contributed by atoms with Gasteiger partial charge in [0, 0.05) is 17.2 Å². The van der Waals surface area contributed by atoms with E-state index in [1.165, 1.54) is 11.1 Å². The fourth-order valence-corrected chi connectivity index (χ4v) is 3.42. The molecule has 28 heavy (non-hydrogen) atoms. The zero-order chi connectivity index (χ0) is 20.1. The minimum atomic E-state index is -0.158. The summed E-state index contributed by atoms with van der Waals surface area (Å²) in [5, 5.41) is 0. The maximum Gasteiger partial charge on any atom is 0.159 e. The Kier molecular flexibility index (Phi) is 5.93. The van der Waals surface area contributed by atoms with Gasteiger partial charge >= 0.3 is 0 Å². The van der Waals surface area contributed by atoms with Crippen LogP contribution in [0.5, 0.6) is 5.75 Å². The van der Waals surface area contributed by atoms with Crippen molar-refractivity contribution < 1.29 is 9.53 Å². The lowest BCUT2D eigenvalue weighted by atomic mass is 9.68. The highest BCUT2D eigenvalue weighted by atomic mass is 16.5. The van der Waals surface area contributed by atoms with Gasteiger partial charge < -0.3 is 4.74 Å². The molecule has 2 aromatic carbocycles. The molecule has 0 fully saturated rings. The molecule has 0 bridgehead atoms. The molecule has 0 N–H and O–H groups in total. The first-order chi connectivity index (χ1) is 13.4. The molecule has 0 spiro atoms. The molecule has 3 rings (SSSR count). The monoisotopic (exact) mass is 373 g/mol. The predicted octanol–water partition coefficient (Wildman–Crippen LogP) is 5.83. The third kappa shape index (κ3) is 4.14. The number of hydrogen-bond acceptors (Lipinski definition) is 3. The number of ether oxygens (including phenoxy) is 1. The van der Waals surface area contributed by atoms with E-state index in [9.17, 15) is 4.79 Å². The van der Waals surface area contributed by atoms with Crippen molar-refractivity contribution in [2.45, 2.75) is 39.7 Å². The standard InChI is InChI=1S/C25H27NO2/c1-18(2)25(4,21-10-8-20(9-11-21)19(3)27)22-12-14-24(15-13-22)28-17-23-7-5-6-16-26-23/h5-16,18H,17H2,1-4H3. The van der Waals surface area contributed by atoms with E-state index in [0.717, 1.165) is 17.0 Å². The molecule has 1 heterocycles. The van der Waals surface area contributed by atoms with Gasteiger partial charge in [0.05, 0.1) is 5.69 Å². The van der Waals surface area contributed by atoms with Crippen LogP contribution in [0, 0.1) is 5.92 Å². The summed E-state index contributed by atoms with van der Waals surface area (Å²) in [6.07, 6.45) is 1.77. The molecule has 0 amide bonds. The van der Waals surface area contributed by atoms with Crippen LogP contribution in [-0.4, -0.2) is 10.8 Å². The number of rotatable bonds is 7. The molecule has 0 saturated heterocycles. The molecule has 1 atom stereocenters. The molecule has 0 aliphatic rings. The van der Waals surface area contributed by atoms with Gasteiger partial charge in [0.2, 0.25) is 0 Å². The molecule has 3 nitrogen and oxygen atoms in total. The molecule has 144 valence electrons. The van der Waals surface area contributed by atoms with E-state index < -0.39 is 0 Å². The minimum absolute atomic E-state index is 0.0900. The fraction of sp³-hybridized carbons (Fsp3) is 0.280. The number of ketones is 1. The Hall–Kier alpha value is -2.94. The van der Waals surface area contributed by atoms with Crippen LogP contribution < -0.4 is 4.74 Å². The summed E-state index contributed by atoms with van der Waals surface area (Å²) in [5.41, 5.74) is 3.92. The van der Waals surface area contributed by atoms with E-state index >= 15 is 0 Å². The minimum Gasteiger partial charge on any atom is -0.487 e. The summed E-state index contributed by atoms with van der Waals surface area (Å²) < 4.78 is 5.87. The van der Waals surface area contributed by atoms with Gasteiger partial charge in [-0.2, -0.15) is 0 Å². The lowest BCUT2D eigenvalue weighted by molar-refractivity contribution is 0.101. The number of carbonyl (C=O) groups excluding carboxylic acids is 1. The number of carbonyl (C=O) groups is 1. The maximum absolute atomic E-state index is 11.6. The zero-order valence-corrected chi connectivity index (χ0v) is 17.0. The maximum atomic E-state index is 11.6. The average Bonchev–Trinajstić information content (AvgIpc) is 2.72. The van der Waals surface area contributed by atoms with Gasteiger partial charge in [-0.05, 0) is 48.2 Å². The summed E-state index contributed by atoms with van der Waals surface area (Å²) >= 11 is 0. The van der Waals surface area contributed by atoms with E-state index in [-0.39, 0.29) is 11.2 Å². The molecule has 0 radical (unpaired) electrons. The molecular weight excluding hydrogens is 346 g/mol. The van der Waals surface area contributed by atoms with Crippen molar-refractivity contribution in [1.29, 1.82) is 0 Å². The van der Waals surface area contributed by atoms with Crippen molar-refractivity contribution in [2.24, 2.45) is 5.92 Å². The number of Topliss-reactive ketones (excluding diaryl/α,β-unsaturated/α-hetero) is 1. The third-order valence-corrected chi connectivity index (χ3v) is 5.61. The second kappa shape index (κ2) is 8.39. The van der Waals surface area contributed by atoms with E-state index in [4.69, 9.17) is 4.74 Å². The van der Waals surface area contributed by atoms with Crippen LogP contribution in [0.1, 0.15) is 54.9 Å². The fourth-order valence-electron chi connectivity index (χ4n) is 3.42. The summed E-state index contributed by atoms with van der Waals surface area (Å²) in [6, 6.07) is 22.1. The van der Waals surface area contributed by atoms with E-state index in [1.807, 2.05) is 42.5 Å². The number of hydrogen-bond donors (Lipinski definition) is 0. The van der Waals surface area contributed by atoms with Crippen molar-refractivity contribution in [1.82, 2.24) is 4.98 Å². The van der Waals surface area contributed by atoms with E-state index in [0.29, 0.717) is 12.5 Å². The largest absolute Gasteiger partial charge is 0.487 e. The van der Waals surface area contributed by atoms with E-state index in [1.54, 1.807) is 13.1 Å². The normalized spacial score (nSPS) is 13.2. The Morgan fingerprint density at radius 3 is 2.07 bits per heavy atom. The number of pyridine rings is 1. The first-order valence-electron chi connectivity index (χ1n) is 9.66. The molecule has 3 heteroatoms. The van der Waals surface area contributed by atoms with E-state index in [2.05, 4.69) is 50.0 Å². The molecular formula is C25H27NO2. The van der Waals surface area contributed by atoms with Crippen LogP contribution in [0.4, 0.5) is 0 Å². The van der Waals surface area contributed by atoms with Gasteiger partial charge in [0.1, 0.15) is 12.4 Å². The topological polar surface area (TPSA) is 39.2 Å². The molecule has 1 aromatic heterocycles. The average molecular weight is 373 g/mol. The van der Waals surface area contributed by atoms with Gasteiger partial charge in [-0.1, -0.05) is 63.2 Å². The van der Waals surface area contributed by atoms with Crippen LogP contribution in [-0.2, 0) is 12.0 Å². The second-order valence-corrected chi connectivity index (χ2v) is 7.62. The van der Waals surface area contributed by atoms with Crippen LogP contribution in [0.3, 0.4) is 0 Å². The zero-order valence-electron chi connectivity index (χ0n) is 17.0. The second-order valence-electron chi connectivity index (χ2n) is 7.62. The van der Waals surface area contributed by atoms with Gasteiger partial charge in [-0.25, -0.2) is 0 Å². The lowest BCUT2D eigenvalue weighted by Crippen LogP contribution is -2.30. The molecule has 0 aliphatic carbocycles. The Labute approximate surface area is 167 Å². The summed E-state index contributed by atoms with van der Waals surface area (Å²) in [7, 11) is 0. The Morgan fingerprint density at radius 2 is 1.57 bits per heavy atom. The van der Waals surface area contributed by atoms with Crippen LogP contribution in [0.25, 0.3) is 0 Å². The van der Waals surface area contributed by atoms with Crippen LogP contribution in [0.15, 0.2) is 72.9 Å². The highest BCUT2D eigenvalue weighted by Gasteiger charge is 2.32. The Balaban J connectivity index is 1.82. The summed E-state index contributed by atoms with van der Waals surface area (Å²) in [6.45, 7) is 8.76. The smallest absolute Gasteiger partial charge is 0.159 e. The molecule has 0 aliphatic heterocycles. The highest BCUT2D eigenvalue weighted by Crippen LogP contribution is 2.39. The van der Waals surface area contributed by atoms with Gasteiger partial charge in [-0.3, -0.25) is 9.78 Å². The van der Waals surface area contributed by atoms with Gasteiger partial charge in [0.15, 0.2) is 5.78 Å². The Morgan fingerprint density at radius 1 is 0.964 bits per heavy atom. The SMILES string of the molecule is CC(=O)c1ccc(C(C)(c2ccc(OCc3ccccn3)cc2)C(C)C)cc1. The first-order valence-corrected chi connectivity index (χ1v) is 9.66. The number of aromatic nitrogens is 1. The van der Waals surface area contributed by atoms with Crippen LogP contribution >= 0.6 is 0 Å². The summed E-state index contributed by atoms with van der Waals surface area (Å²) in [4.78, 5) is 15.9. The van der Waals surface area contributed by atoms with Crippen molar-refractivity contribution in [3.8, 4) is 5.75 Å². The molecule has 0 saturated carbocycles. The van der Waals surface area contributed by atoms with Gasteiger partial charge in [-0.15, -0.1) is 0 Å². The predicted molar refractivity (Wildman–Crippen MR) is 113 cm³/mol. The lowest BCUT2D eigenvalue weighted by Gasteiger charge is -2.35. The Bertz CT molecular complexity index is 915.